The van der Waals surface area contributed by atoms with Crippen LogP contribution in [0.15, 0.2) is 18.2 Å². The third kappa shape index (κ3) is 6.55. The summed E-state index contributed by atoms with van der Waals surface area (Å²) in [5, 5.41) is 13.7. The molecule has 0 heterocycles. The molecule has 0 aliphatic carbocycles. The van der Waals surface area contributed by atoms with Crippen LogP contribution in [0.2, 0.25) is 0 Å². The lowest BCUT2D eigenvalue weighted by Gasteiger charge is -2.18. The van der Waals surface area contributed by atoms with Crippen LogP contribution in [0.1, 0.15) is 31.0 Å². The maximum absolute atomic E-state index is 12.0. The van der Waals surface area contributed by atoms with Gasteiger partial charge in [-0.15, -0.1) is 0 Å². The van der Waals surface area contributed by atoms with E-state index >= 15 is 0 Å². The predicted molar refractivity (Wildman–Crippen MR) is 89.8 cm³/mol. The molecule has 1 rings (SSSR count). The summed E-state index contributed by atoms with van der Waals surface area (Å²) in [6.07, 6.45) is 0. The maximum Gasteiger partial charge on any atom is 0.309 e. The van der Waals surface area contributed by atoms with Crippen molar-refractivity contribution in [1.82, 2.24) is 10.6 Å². The minimum absolute atomic E-state index is 0.0788. The Hall–Kier alpha value is -2.12. The topological polar surface area (TPSA) is 96.9 Å². The number of ether oxygens (including phenoxy) is 2. The van der Waals surface area contributed by atoms with Crippen LogP contribution in [-0.4, -0.2) is 49.9 Å². The van der Waals surface area contributed by atoms with Crippen molar-refractivity contribution in [2.24, 2.45) is 0 Å². The fourth-order valence-corrected chi connectivity index (χ4v) is 2.12. The Bertz CT molecular complexity index is 548. The number of rotatable bonds is 9. The van der Waals surface area contributed by atoms with Crippen molar-refractivity contribution < 1.29 is 24.2 Å². The molecule has 0 bridgehead atoms. The molecule has 0 aliphatic rings. The van der Waals surface area contributed by atoms with Crippen LogP contribution >= 0.6 is 0 Å². The van der Waals surface area contributed by atoms with Crippen molar-refractivity contribution in [2.75, 3.05) is 33.0 Å². The molecular weight excluding hydrogens is 312 g/mol. The van der Waals surface area contributed by atoms with E-state index in [1.54, 1.807) is 6.92 Å². The molecule has 0 aliphatic heterocycles. The van der Waals surface area contributed by atoms with E-state index in [2.05, 4.69) is 10.6 Å². The Morgan fingerprint density at radius 1 is 1.25 bits per heavy atom. The van der Waals surface area contributed by atoms with E-state index in [0.717, 1.165) is 11.1 Å². The highest BCUT2D eigenvalue weighted by atomic mass is 16.5. The summed E-state index contributed by atoms with van der Waals surface area (Å²) >= 11 is 0. The lowest BCUT2D eigenvalue weighted by Crippen LogP contribution is -2.42. The summed E-state index contributed by atoms with van der Waals surface area (Å²) in [7, 11) is 0. The third-order valence-corrected chi connectivity index (χ3v) is 3.25. The number of carbonyl (C=O) groups is 2. The van der Waals surface area contributed by atoms with Gasteiger partial charge in [0.1, 0.15) is 5.75 Å². The lowest BCUT2D eigenvalue weighted by atomic mass is 10.0. The molecule has 7 heteroatoms. The standard InChI is InChI=1S/C17H26N2O5/c1-4-24-15-6-5-12(2)11-14(15)13(3)19-17(22)16(21)18-7-9-23-10-8-20/h5-6,11,13,20H,4,7-10H2,1-3H3,(H,18,21)(H,19,22). The van der Waals surface area contributed by atoms with Crippen molar-refractivity contribution in [3.8, 4) is 5.75 Å². The van der Waals surface area contributed by atoms with Gasteiger partial charge in [0.15, 0.2) is 0 Å². The van der Waals surface area contributed by atoms with Gasteiger partial charge in [-0.3, -0.25) is 9.59 Å². The minimum atomic E-state index is -0.722. The molecule has 0 saturated carbocycles. The van der Waals surface area contributed by atoms with E-state index in [0.29, 0.717) is 12.4 Å². The number of aliphatic hydroxyl groups is 1. The normalized spacial score (nSPS) is 11.7. The first-order valence-electron chi connectivity index (χ1n) is 8.00. The summed E-state index contributed by atoms with van der Waals surface area (Å²) in [6.45, 7) is 6.72. The Morgan fingerprint density at radius 3 is 2.67 bits per heavy atom. The molecule has 134 valence electrons. The van der Waals surface area contributed by atoms with Gasteiger partial charge in [-0.05, 0) is 26.8 Å². The Labute approximate surface area is 142 Å². The van der Waals surface area contributed by atoms with Crippen molar-refractivity contribution >= 4 is 11.8 Å². The Balaban J connectivity index is 2.57. The Morgan fingerprint density at radius 2 is 2.00 bits per heavy atom. The van der Waals surface area contributed by atoms with Crippen molar-refractivity contribution in [3.63, 3.8) is 0 Å². The van der Waals surface area contributed by atoms with E-state index in [-0.39, 0.29) is 32.4 Å². The molecule has 1 aromatic rings. The van der Waals surface area contributed by atoms with Crippen LogP contribution < -0.4 is 15.4 Å². The largest absolute Gasteiger partial charge is 0.494 e. The second-order valence-electron chi connectivity index (χ2n) is 5.26. The number of benzene rings is 1. The van der Waals surface area contributed by atoms with E-state index in [1.165, 1.54) is 0 Å². The number of aryl methyl sites for hydroxylation is 1. The molecule has 0 spiro atoms. The van der Waals surface area contributed by atoms with Crippen LogP contribution in [0.25, 0.3) is 0 Å². The first kappa shape index (κ1) is 19.9. The molecule has 0 fully saturated rings. The second-order valence-corrected chi connectivity index (χ2v) is 5.26. The zero-order valence-corrected chi connectivity index (χ0v) is 14.4. The van der Waals surface area contributed by atoms with Crippen molar-refractivity contribution in [3.05, 3.63) is 29.3 Å². The zero-order chi connectivity index (χ0) is 17.9. The summed E-state index contributed by atoms with van der Waals surface area (Å²) in [6, 6.07) is 5.35. The minimum Gasteiger partial charge on any atom is -0.494 e. The third-order valence-electron chi connectivity index (χ3n) is 3.25. The van der Waals surface area contributed by atoms with Gasteiger partial charge in [0.05, 0.1) is 32.5 Å². The van der Waals surface area contributed by atoms with Gasteiger partial charge < -0.3 is 25.2 Å². The highest BCUT2D eigenvalue weighted by Gasteiger charge is 2.19. The van der Waals surface area contributed by atoms with Gasteiger partial charge in [-0.25, -0.2) is 0 Å². The van der Waals surface area contributed by atoms with E-state index in [4.69, 9.17) is 14.6 Å². The fraction of sp³-hybridized carbons (Fsp3) is 0.529. The summed E-state index contributed by atoms with van der Waals surface area (Å²) in [5.74, 6) is -0.748. The molecule has 0 aromatic heterocycles. The quantitative estimate of drug-likeness (QED) is 0.455. The number of hydrogen-bond donors (Lipinski definition) is 3. The molecule has 1 aromatic carbocycles. The predicted octanol–water partition coefficient (Wildman–Crippen LogP) is 0.696. The molecule has 1 atom stereocenters. The smallest absolute Gasteiger partial charge is 0.309 e. The van der Waals surface area contributed by atoms with Crippen LogP contribution in [0, 0.1) is 6.92 Å². The zero-order valence-electron chi connectivity index (χ0n) is 14.4. The highest BCUT2D eigenvalue weighted by Crippen LogP contribution is 2.26. The van der Waals surface area contributed by atoms with Gasteiger partial charge in [-0.1, -0.05) is 17.7 Å². The van der Waals surface area contributed by atoms with Gasteiger partial charge >= 0.3 is 11.8 Å². The molecule has 0 radical (unpaired) electrons. The summed E-state index contributed by atoms with van der Waals surface area (Å²) < 4.78 is 10.6. The lowest BCUT2D eigenvalue weighted by molar-refractivity contribution is -0.139. The van der Waals surface area contributed by atoms with Crippen molar-refractivity contribution in [1.29, 1.82) is 0 Å². The fourth-order valence-electron chi connectivity index (χ4n) is 2.12. The second kappa shape index (κ2) is 10.6. The van der Waals surface area contributed by atoms with E-state index < -0.39 is 11.8 Å². The summed E-state index contributed by atoms with van der Waals surface area (Å²) in [5.41, 5.74) is 1.87. The molecule has 2 amide bonds. The molecule has 1 unspecified atom stereocenters. The summed E-state index contributed by atoms with van der Waals surface area (Å²) in [4.78, 5) is 23.7. The highest BCUT2D eigenvalue weighted by molar-refractivity contribution is 6.35. The molecule has 24 heavy (non-hydrogen) atoms. The first-order chi connectivity index (χ1) is 11.5. The number of hydrogen-bond acceptors (Lipinski definition) is 5. The number of nitrogens with one attached hydrogen (secondary N) is 2. The molecule has 3 N–H and O–H groups in total. The van der Waals surface area contributed by atoms with Gasteiger partial charge in [0, 0.05) is 12.1 Å². The Kier molecular flexibility index (Phi) is 8.81. The number of carbonyl (C=O) groups excluding carboxylic acids is 2. The SMILES string of the molecule is CCOc1ccc(C)cc1C(C)NC(=O)C(=O)NCCOCCO. The van der Waals surface area contributed by atoms with Crippen molar-refractivity contribution in [2.45, 2.75) is 26.8 Å². The molecule has 0 saturated heterocycles. The van der Waals surface area contributed by atoms with Gasteiger partial charge in [0.2, 0.25) is 0 Å². The average Bonchev–Trinajstić information content (AvgIpc) is 2.56. The van der Waals surface area contributed by atoms with Crippen LogP contribution in [-0.2, 0) is 14.3 Å². The molecular formula is C17H26N2O5. The monoisotopic (exact) mass is 338 g/mol. The number of amides is 2. The van der Waals surface area contributed by atoms with Crippen LogP contribution in [0.3, 0.4) is 0 Å². The average molecular weight is 338 g/mol. The van der Waals surface area contributed by atoms with Gasteiger partial charge in [-0.2, -0.15) is 0 Å². The van der Waals surface area contributed by atoms with Crippen LogP contribution in [0.4, 0.5) is 0 Å². The number of aliphatic hydroxyl groups excluding tert-OH is 1. The van der Waals surface area contributed by atoms with Crippen LogP contribution in [0.5, 0.6) is 5.75 Å². The van der Waals surface area contributed by atoms with E-state index in [9.17, 15) is 9.59 Å². The first-order valence-corrected chi connectivity index (χ1v) is 8.00. The van der Waals surface area contributed by atoms with Gasteiger partial charge in [0.25, 0.3) is 0 Å². The van der Waals surface area contributed by atoms with E-state index in [1.807, 2.05) is 32.0 Å². The maximum atomic E-state index is 12.0. The molecule has 7 nitrogen and oxygen atoms in total.